The molecule has 0 bridgehead atoms. The second kappa shape index (κ2) is 6.26. The zero-order valence-corrected chi connectivity index (χ0v) is 13.7. The lowest BCUT2D eigenvalue weighted by atomic mass is 10.1. The van der Waals surface area contributed by atoms with E-state index in [1.165, 1.54) is 13.2 Å². The number of carbonyl (C=O) groups excluding carboxylic acids is 1. The average Bonchev–Trinajstić information content (AvgIpc) is 2.55. The smallest absolute Gasteiger partial charge is 0.349 e. The normalized spacial score (nSPS) is 10.5. The van der Waals surface area contributed by atoms with Gasteiger partial charge < -0.3 is 14.5 Å². The van der Waals surface area contributed by atoms with Gasteiger partial charge in [-0.3, -0.25) is 4.79 Å². The summed E-state index contributed by atoms with van der Waals surface area (Å²) in [5.41, 5.74) is 0.148. The summed E-state index contributed by atoms with van der Waals surface area (Å²) in [5.74, 6) is -0.0427. The minimum atomic E-state index is -0.688. The van der Waals surface area contributed by atoms with E-state index >= 15 is 0 Å². The number of fused-ring (bicyclic) bond motifs is 1. The van der Waals surface area contributed by atoms with Gasteiger partial charge >= 0.3 is 5.63 Å². The molecule has 1 aromatic heterocycles. The number of amides is 1. The number of benzene rings is 2. The van der Waals surface area contributed by atoms with Crippen molar-refractivity contribution in [2.75, 3.05) is 12.4 Å². The molecule has 2 aromatic carbocycles. The number of rotatable bonds is 3. The highest BCUT2D eigenvalue weighted by atomic mass is 79.9. The van der Waals surface area contributed by atoms with Crippen molar-refractivity contribution < 1.29 is 13.9 Å². The molecular formula is C17H12BrNO4. The summed E-state index contributed by atoms with van der Waals surface area (Å²) in [7, 11) is 1.51. The predicted octanol–water partition coefficient (Wildman–Crippen LogP) is 3.82. The zero-order chi connectivity index (χ0) is 16.4. The van der Waals surface area contributed by atoms with E-state index in [2.05, 4.69) is 21.2 Å². The van der Waals surface area contributed by atoms with Crippen LogP contribution in [-0.4, -0.2) is 13.0 Å². The summed E-state index contributed by atoms with van der Waals surface area (Å²) in [6.07, 6.45) is 0. The van der Waals surface area contributed by atoms with Crippen LogP contribution in [-0.2, 0) is 0 Å². The summed E-state index contributed by atoms with van der Waals surface area (Å²) in [5, 5.41) is 3.32. The van der Waals surface area contributed by atoms with E-state index in [1.54, 1.807) is 42.5 Å². The van der Waals surface area contributed by atoms with Crippen LogP contribution >= 0.6 is 15.9 Å². The van der Waals surface area contributed by atoms with Gasteiger partial charge in [0.1, 0.15) is 16.9 Å². The molecule has 6 heteroatoms. The van der Waals surface area contributed by atoms with Crippen LogP contribution in [0.5, 0.6) is 5.75 Å². The summed E-state index contributed by atoms with van der Waals surface area (Å²) < 4.78 is 11.2. The Morgan fingerprint density at radius 1 is 1.17 bits per heavy atom. The van der Waals surface area contributed by atoms with Gasteiger partial charge in [0.05, 0.1) is 12.8 Å². The summed E-state index contributed by atoms with van der Waals surface area (Å²) in [6, 6.07) is 13.7. The fraction of sp³-hybridized carbons (Fsp3) is 0.0588. The molecule has 0 aliphatic heterocycles. The topological polar surface area (TPSA) is 68.5 Å². The van der Waals surface area contributed by atoms with Gasteiger partial charge in [-0.05, 0) is 36.4 Å². The molecule has 1 N–H and O–H groups in total. The highest BCUT2D eigenvalue weighted by Gasteiger charge is 2.15. The monoisotopic (exact) mass is 373 g/mol. The molecule has 0 saturated heterocycles. The van der Waals surface area contributed by atoms with Crippen molar-refractivity contribution in [2.24, 2.45) is 0 Å². The Kier molecular flexibility index (Phi) is 4.16. The molecular weight excluding hydrogens is 362 g/mol. The van der Waals surface area contributed by atoms with Crippen LogP contribution in [0.2, 0.25) is 0 Å². The average molecular weight is 374 g/mol. The highest BCUT2D eigenvalue weighted by molar-refractivity contribution is 9.10. The lowest BCUT2D eigenvalue weighted by Gasteiger charge is -2.09. The van der Waals surface area contributed by atoms with E-state index < -0.39 is 11.5 Å². The quantitative estimate of drug-likeness (QED) is 0.708. The second-order valence-corrected chi connectivity index (χ2v) is 5.70. The molecule has 3 aromatic rings. The van der Waals surface area contributed by atoms with Crippen LogP contribution in [0.15, 0.2) is 62.2 Å². The van der Waals surface area contributed by atoms with E-state index in [0.29, 0.717) is 22.4 Å². The first-order valence-electron chi connectivity index (χ1n) is 6.76. The van der Waals surface area contributed by atoms with Gasteiger partial charge in [0, 0.05) is 9.86 Å². The van der Waals surface area contributed by atoms with Gasteiger partial charge in [0.15, 0.2) is 0 Å². The number of para-hydroxylation sites is 2. The van der Waals surface area contributed by atoms with Crippen molar-refractivity contribution in [1.82, 2.24) is 0 Å². The molecule has 1 amide bonds. The van der Waals surface area contributed by atoms with Gasteiger partial charge in [0.25, 0.3) is 5.91 Å². The van der Waals surface area contributed by atoms with Crippen molar-refractivity contribution in [3.8, 4) is 5.75 Å². The SMILES string of the molecule is COc1ccccc1NC(=O)c1cc2cc(Br)ccc2oc1=O. The third kappa shape index (κ3) is 3.12. The highest BCUT2D eigenvalue weighted by Crippen LogP contribution is 2.24. The molecule has 0 saturated carbocycles. The van der Waals surface area contributed by atoms with Gasteiger partial charge in [-0.1, -0.05) is 28.1 Å². The predicted molar refractivity (Wildman–Crippen MR) is 91.1 cm³/mol. The summed E-state index contributed by atoms with van der Waals surface area (Å²) in [4.78, 5) is 24.4. The van der Waals surface area contributed by atoms with Gasteiger partial charge in [-0.15, -0.1) is 0 Å². The molecule has 0 atom stereocenters. The molecule has 0 spiro atoms. The van der Waals surface area contributed by atoms with Gasteiger partial charge in [0.2, 0.25) is 0 Å². The molecule has 0 radical (unpaired) electrons. The van der Waals surface area contributed by atoms with Crippen molar-refractivity contribution in [2.45, 2.75) is 0 Å². The Labute approximate surface area is 140 Å². The molecule has 1 heterocycles. The fourth-order valence-electron chi connectivity index (χ4n) is 2.19. The van der Waals surface area contributed by atoms with E-state index in [9.17, 15) is 9.59 Å². The number of nitrogens with one attached hydrogen (secondary N) is 1. The summed E-state index contributed by atoms with van der Waals surface area (Å²) >= 11 is 3.35. The van der Waals surface area contributed by atoms with Crippen molar-refractivity contribution in [3.63, 3.8) is 0 Å². The van der Waals surface area contributed by atoms with Crippen LogP contribution in [0.1, 0.15) is 10.4 Å². The molecule has 0 unspecified atom stereocenters. The minimum Gasteiger partial charge on any atom is -0.495 e. The van der Waals surface area contributed by atoms with E-state index in [1.807, 2.05) is 0 Å². The minimum absolute atomic E-state index is 0.0680. The fourth-order valence-corrected chi connectivity index (χ4v) is 2.57. The van der Waals surface area contributed by atoms with Crippen molar-refractivity contribution >= 4 is 38.5 Å². The maximum atomic E-state index is 12.4. The Morgan fingerprint density at radius 2 is 1.96 bits per heavy atom. The van der Waals surface area contributed by atoms with Gasteiger partial charge in [-0.2, -0.15) is 0 Å². The standard InChI is InChI=1S/C17H12BrNO4/c1-22-15-5-3-2-4-13(15)19-16(20)12-9-10-8-11(18)6-7-14(10)23-17(12)21/h2-9H,1H3,(H,19,20). The third-order valence-electron chi connectivity index (χ3n) is 3.29. The number of hydrogen-bond donors (Lipinski definition) is 1. The van der Waals surface area contributed by atoms with E-state index in [-0.39, 0.29) is 5.56 Å². The summed E-state index contributed by atoms with van der Waals surface area (Å²) in [6.45, 7) is 0. The molecule has 0 fully saturated rings. The zero-order valence-electron chi connectivity index (χ0n) is 12.1. The third-order valence-corrected chi connectivity index (χ3v) is 3.79. The van der Waals surface area contributed by atoms with Crippen molar-refractivity contribution in [3.05, 3.63) is 69.0 Å². The Morgan fingerprint density at radius 3 is 2.74 bits per heavy atom. The first-order chi connectivity index (χ1) is 11.1. The molecule has 116 valence electrons. The number of carbonyl (C=O) groups is 1. The molecule has 23 heavy (non-hydrogen) atoms. The first kappa shape index (κ1) is 15.3. The van der Waals surface area contributed by atoms with Crippen LogP contribution in [0.3, 0.4) is 0 Å². The van der Waals surface area contributed by atoms with Crippen molar-refractivity contribution in [1.29, 1.82) is 0 Å². The molecule has 0 aliphatic rings. The molecule has 5 nitrogen and oxygen atoms in total. The maximum Gasteiger partial charge on any atom is 0.349 e. The lowest BCUT2D eigenvalue weighted by molar-refractivity contribution is 0.102. The number of anilines is 1. The van der Waals surface area contributed by atoms with E-state index in [4.69, 9.17) is 9.15 Å². The number of methoxy groups -OCH3 is 1. The van der Waals surface area contributed by atoms with Crippen LogP contribution in [0.25, 0.3) is 11.0 Å². The van der Waals surface area contributed by atoms with Gasteiger partial charge in [-0.25, -0.2) is 4.79 Å². The van der Waals surface area contributed by atoms with Crippen LogP contribution in [0.4, 0.5) is 5.69 Å². The molecule has 3 rings (SSSR count). The Hall–Kier alpha value is -2.60. The largest absolute Gasteiger partial charge is 0.495 e. The number of ether oxygens (including phenoxy) is 1. The number of hydrogen-bond acceptors (Lipinski definition) is 4. The second-order valence-electron chi connectivity index (χ2n) is 4.78. The Bertz CT molecular complexity index is 949. The Balaban J connectivity index is 2.00. The molecule has 0 aliphatic carbocycles. The number of halogens is 1. The maximum absolute atomic E-state index is 12.4. The van der Waals surface area contributed by atoms with E-state index in [0.717, 1.165) is 4.47 Å². The van der Waals surface area contributed by atoms with Crippen LogP contribution in [0, 0.1) is 0 Å². The first-order valence-corrected chi connectivity index (χ1v) is 7.55. The van der Waals surface area contributed by atoms with Crippen LogP contribution < -0.4 is 15.7 Å². The lowest BCUT2D eigenvalue weighted by Crippen LogP contribution is -2.20.